The van der Waals surface area contributed by atoms with Crippen molar-refractivity contribution in [2.24, 2.45) is 0 Å². The number of hydrogen-bond acceptors (Lipinski definition) is 2. The molecule has 0 bridgehead atoms. The highest BCUT2D eigenvalue weighted by molar-refractivity contribution is 5.33. The second kappa shape index (κ2) is 7.02. The number of benzene rings is 1. The third-order valence-electron chi connectivity index (χ3n) is 3.80. The lowest BCUT2D eigenvalue weighted by Gasteiger charge is -2.29. The van der Waals surface area contributed by atoms with Crippen LogP contribution in [0.4, 0.5) is 8.78 Å². The predicted octanol–water partition coefficient (Wildman–Crippen LogP) is 4.43. The lowest BCUT2D eigenvalue weighted by molar-refractivity contribution is 0.00128. The summed E-state index contributed by atoms with van der Waals surface area (Å²) in [6.07, 6.45) is 3.72. The SMILES string of the molecule is CCCOc1ccc([C@@H]2CCC(CC)OC2)c(F)c1F. The molecule has 1 aromatic rings. The maximum absolute atomic E-state index is 14.1. The van der Waals surface area contributed by atoms with Crippen LogP contribution in [0.3, 0.4) is 0 Å². The summed E-state index contributed by atoms with van der Waals surface area (Å²) in [6.45, 7) is 4.85. The van der Waals surface area contributed by atoms with Gasteiger partial charge in [-0.1, -0.05) is 19.9 Å². The smallest absolute Gasteiger partial charge is 0.200 e. The van der Waals surface area contributed by atoms with E-state index in [-0.39, 0.29) is 17.8 Å². The first-order chi connectivity index (χ1) is 9.67. The Balaban J connectivity index is 2.11. The number of halogens is 2. The highest BCUT2D eigenvalue weighted by atomic mass is 19.2. The fraction of sp³-hybridized carbons (Fsp3) is 0.625. The standard InChI is InChI=1S/C16H22F2O2/c1-3-9-19-14-8-7-13(15(17)16(14)18)11-5-6-12(4-2)20-10-11/h7-8,11-12H,3-6,9-10H2,1-2H3/t11-,12?/m1/s1. The van der Waals surface area contributed by atoms with Crippen molar-refractivity contribution < 1.29 is 18.3 Å². The summed E-state index contributed by atoms with van der Waals surface area (Å²) < 4.78 is 38.9. The molecule has 0 spiro atoms. The van der Waals surface area contributed by atoms with E-state index < -0.39 is 11.6 Å². The van der Waals surface area contributed by atoms with Crippen LogP contribution in [0, 0.1) is 11.6 Å². The molecule has 112 valence electrons. The lowest BCUT2D eigenvalue weighted by Crippen LogP contribution is -2.24. The molecule has 1 fully saturated rings. The molecule has 0 aromatic heterocycles. The molecule has 2 nitrogen and oxygen atoms in total. The van der Waals surface area contributed by atoms with Gasteiger partial charge >= 0.3 is 0 Å². The number of hydrogen-bond donors (Lipinski definition) is 0. The van der Waals surface area contributed by atoms with Crippen LogP contribution in [-0.2, 0) is 4.74 Å². The molecule has 1 aromatic carbocycles. The maximum atomic E-state index is 14.1. The highest BCUT2D eigenvalue weighted by Crippen LogP contribution is 2.33. The van der Waals surface area contributed by atoms with Crippen molar-refractivity contribution in [2.75, 3.05) is 13.2 Å². The summed E-state index contributed by atoms with van der Waals surface area (Å²) in [5.74, 6) is -1.74. The van der Waals surface area contributed by atoms with Crippen LogP contribution < -0.4 is 4.74 Å². The van der Waals surface area contributed by atoms with Gasteiger partial charge in [-0.25, -0.2) is 4.39 Å². The summed E-state index contributed by atoms with van der Waals surface area (Å²) in [5.41, 5.74) is 0.404. The number of rotatable bonds is 5. The molecule has 0 amide bonds. The largest absolute Gasteiger partial charge is 0.490 e. The molecule has 0 radical (unpaired) electrons. The minimum Gasteiger partial charge on any atom is -0.490 e. The van der Waals surface area contributed by atoms with E-state index in [0.29, 0.717) is 18.8 Å². The first-order valence-corrected chi connectivity index (χ1v) is 7.39. The summed E-state index contributed by atoms with van der Waals surface area (Å²) in [4.78, 5) is 0. The molecule has 1 aliphatic heterocycles. The zero-order valence-electron chi connectivity index (χ0n) is 12.1. The summed E-state index contributed by atoms with van der Waals surface area (Å²) >= 11 is 0. The molecule has 0 N–H and O–H groups in total. The van der Waals surface area contributed by atoms with Crippen molar-refractivity contribution in [3.8, 4) is 5.75 Å². The molecule has 0 saturated carbocycles. The van der Waals surface area contributed by atoms with Gasteiger partial charge in [-0.2, -0.15) is 4.39 Å². The van der Waals surface area contributed by atoms with E-state index >= 15 is 0 Å². The molecule has 4 heteroatoms. The van der Waals surface area contributed by atoms with Gasteiger partial charge in [-0.15, -0.1) is 0 Å². The van der Waals surface area contributed by atoms with Crippen LogP contribution >= 0.6 is 0 Å². The van der Waals surface area contributed by atoms with Gasteiger partial charge in [0.25, 0.3) is 0 Å². The first-order valence-electron chi connectivity index (χ1n) is 7.39. The quantitative estimate of drug-likeness (QED) is 0.796. The van der Waals surface area contributed by atoms with Gasteiger partial charge in [0.2, 0.25) is 5.82 Å². The molecule has 2 rings (SSSR count). The van der Waals surface area contributed by atoms with Crippen LogP contribution in [0.1, 0.15) is 51.0 Å². The molecular formula is C16H22F2O2. The van der Waals surface area contributed by atoms with Gasteiger partial charge in [0.1, 0.15) is 0 Å². The Labute approximate surface area is 119 Å². The number of ether oxygens (including phenoxy) is 2. The second-order valence-corrected chi connectivity index (χ2v) is 5.27. The van der Waals surface area contributed by atoms with Gasteiger partial charge in [0.05, 0.1) is 19.3 Å². The molecule has 1 saturated heterocycles. The van der Waals surface area contributed by atoms with Crippen molar-refractivity contribution in [2.45, 2.75) is 51.6 Å². The van der Waals surface area contributed by atoms with Crippen LogP contribution in [0.2, 0.25) is 0 Å². The van der Waals surface area contributed by atoms with Crippen molar-refractivity contribution in [3.63, 3.8) is 0 Å². The normalized spacial score (nSPS) is 22.8. The molecule has 1 aliphatic rings. The van der Waals surface area contributed by atoms with Crippen molar-refractivity contribution in [3.05, 3.63) is 29.3 Å². The summed E-state index contributed by atoms with van der Waals surface area (Å²) in [5, 5.41) is 0. The Morgan fingerprint density at radius 2 is 2.00 bits per heavy atom. The fourth-order valence-corrected chi connectivity index (χ4v) is 2.56. The van der Waals surface area contributed by atoms with Gasteiger partial charge in [0, 0.05) is 5.92 Å². The van der Waals surface area contributed by atoms with Crippen LogP contribution in [-0.4, -0.2) is 19.3 Å². The zero-order valence-corrected chi connectivity index (χ0v) is 12.1. The third-order valence-corrected chi connectivity index (χ3v) is 3.80. The third kappa shape index (κ3) is 3.29. The monoisotopic (exact) mass is 284 g/mol. The predicted molar refractivity (Wildman–Crippen MR) is 74.2 cm³/mol. The van der Waals surface area contributed by atoms with Crippen LogP contribution in [0.5, 0.6) is 5.75 Å². The Bertz CT molecular complexity index is 440. The van der Waals surface area contributed by atoms with Gasteiger partial charge < -0.3 is 9.47 Å². The van der Waals surface area contributed by atoms with E-state index in [9.17, 15) is 8.78 Å². The van der Waals surface area contributed by atoms with Gasteiger partial charge in [0.15, 0.2) is 11.6 Å². The summed E-state index contributed by atoms with van der Waals surface area (Å²) in [7, 11) is 0. The average molecular weight is 284 g/mol. The minimum atomic E-state index is -0.881. The zero-order chi connectivity index (χ0) is 14.5. The Morgan fingerprint density at radius 3 is 2.60 bits per heavy atom. The Morgan fingerprint density at radius 1 is 1.20 bits per heavy atom. The van der Waals surface area contributed by atoms with E-state index in [1.54, 1.807) is 6.07 Å². The minimum absolute atomic E-state index is 0.00346. The van der Waals surface area contributed by atoms with Crippen molar-refractivity contribution >= 4 is 0 Å². The van der Waals surface area contributed by atoms with Crippen molar-refractivity contribution in [1.82, 2.24) is 0 Å². The molecule has 20 heavy (non-hydrogen) atoms. The van der Waals surface area contributed by atoms with Crippen molar-refractivity contribution in [1.29, 1.82) is 0 Å². The fourth-order valence-electron chi connectivity index (χ4n) is 2.56. The summed E-state index contributed by atoms with van der Waals surface area (Å²) in [6, 6.07) is 3.15. The van der Waals surface area contributed by atoms with E-state index in [2.05, 4.69) is 6.92 Å². The Hall–Kier alpha value is -1.16. The average Bonchev–Trinajstić information content (AvgIpc) is 2.49. The first kappa shape index (κ1) is 15.2. The van der Waals surface area contributed by atoms with E-state index in [1.807, 2.05) is 6.92 Å². The van der Waals surface area contributed by atoms with E-state index in [1.165, 1.54) is 6.07 Å². The topological polar surface area (TPSA) is 18.5 Å². The molecular weight excluding hydrogens is 262 g/mol. The molecule has 1 unspecified atom stereocenters. The van der Waals surface area contributed by atoms with Gasteiger partial charge in [-0.05, 0) is 37.3 Å². The second-order valence-electron chi connectivity index (χ2n) is 5.27. The Kier molecular flexibility index (Phi) is 5.35. The molecule has 2 atom stereocenters. The maximum Gasteiger partial charge on any atom is 0.200 e. The van der Waals surface area contributed by atoms with E-state index in [4.69, 9.17) is 9.47 Å². The van der Waals surface area contributed by atoms with Gasteiger partial charge in [-0.3, -0.25) is 0 Å². The molecule has 1 heterocycles. The lowest BCUT2D eigenvalue weighted by atomic mass is 9.90. The van der Waals surface area contributed by atoms with E-state index in [0.717, 1.165) is 25.7 Å². The molecule has 0 aliphatic carbocycles. The van der Waals surface area contributed by atoms with Crippen LogP contribution in [0.25, 0.3) is 0 Å². The highest BCUT2D eigenvalue weighted by Gasteiger charge is 2.26. The van der Waals surface area contributed by atoms with Crippen LogP contribution in [0.15, 0.2) is 12.1 Å².